The number of hydrogen-bond acceptors (Lipinski definition) is 7. The monoisotopic (exact) mass is 596 g/mol. The predicted octanol–water partition coefficient (Wildman–Crippen LogP) is 5.13. The fourth-order valence-electron chi connectivity index (χ4n) is 6.83. The van der Waals surface area contributed by atoms with Gasteiger partial charge in [0.2, 0.25) is 11.8 Å². The molecular formula is C34H40N6O4. The maximum atomic E-state index is 13.5. The van der Waals surface area contributed by atoms with Crippen LogP contribution in [-0.4, -0.2) is 60.0 Å². The number of methoxy groups -OCH3 is 2. The van der Waals surface area contributed by atoms with Crippen molar-refractivity contribution in [1.29, 1.82) is 0 Å². The van der Waals surface area contributed by atoms with Gasteiger partial charge < -0.3 is 25.0 Å². The van der Waals surface area contributed by atoms with Crippen molar-refractivity contribution in [3.63, 3.8) is 0 Å². The van der Waals surface area contributed by atoms with Crippen molar-refractivity contribution in [2.75, 3.05) is 38.0 Å². The van der Waals surface area contributed by atoms with Gasteiger partial charge in [0.1, 0.15) is 23.4 Å². The number of hydrogen-bond donors (Lipinski definition) is 2. The molecule has 44 heavy (non-hydrogen) atoms. The van der Waals surface area contributed by atoms with Crippen LogP contribution in [0.25, 0.3) is 16.8 Å². The van der Waals surface area contributed by atoms with E-state index in [4.69, 9.17) is 14.5 Å². The molecule has 3 heterocycles. The van der Waals surface area contributed by atoms with E-state index in [1.807, 2.05) is 67.7 Å². The summed E-state index contributed by atoms with van der Waals surface area (Å²) < 4.78 is 13.5. The molecule has 1 saturated carbocycles. The van der Waals surface area contributed by atoms with Crippen LogP contribution < -0.4 is 25.0 Å². The first-order chi connectivity index (χ1) is 21.3. The lowest BCUT2D eigenvalue weighted by Crippen LogP contribution is -2.39. The van der Waals surface area contributed by atoms with Gasteiger partial charge in [-0.15, -0.1) is 0 Å². The highest BCUT2D eigenvalue weighted by Crippen LogP contribution is 2.40. The molecule has 0 radical (unpaired) electrons. The average Bonchev–Trinajstić information content (AvgIpc) is 3.59. The molecule has 0 spiro atoms. The summed E-state index contributed by atoms with van der Waals surface area (Å²) in [6.45, 7) is 4.31. The second-order valence-corrected chi connectivity index (χ2v) is 11.9. The number of imidazole rings is 1. The first-order valence-electron chi connectivity index (χ1n) is 15.2. The van der Waals surface area contributed by atoms with Crippen LogP contribution in [0.1, 0.15) is 55.6 Å². The first-order valence-corrected chi connectivity index (χ1v) is 15.2. The molecule has 1 aliphatic heterocycles. The summed E-state index contributed by atoms with van der Waals surface area (Å²) >= 11 is 0. The number of benzene rings is 2. The van der Waals surface area contributed by atoms with Crippen molar-refractivity contribution in [1.82, 2.24) is 19.7 Å². The Morgan fingerprint density at radius 1 is 1.05 bits per heavy atom. The zero-order chi connectivity index (χ0) is 31.0. The number of nitrogens with one attached hydrogen (secondary N) is 2. The molecule has 2 aromatic carbocycles. The van der Waals surface area contributed by atoms with E-state index in [-0.39, 0.29) is 17.9 Å². The number of anilines is 2. The smallest absolute Gasteiger partial charge is 0.247 e. The molecule has 230 valence electrons. The quantitative estimate of drug-likeness (QED) is 0.290. The molecule has 2 N–H and O–H groups in total. The third kappa shape index (κ3) is 5.44. The second-order valence-electron chi connectivity index (χ2n) is 11.9. The van der Waals surface area contributed by atoms with Crippen LogP contribution >= 0.6 is 0 Å². The Bertz CT molecular complexity index is 1710. The van der Waals surface area contributed by atoms with E-state index in [2.05, 4.69) is 20.0 Å². The van der Waals surface area contributed by atoms with E-state index in [0.717, 1.165) is 77.5 Å². The number of aryl methyl sites for hydroxylation is 1. The molecule has 1 fully saturated rings. The molecule has 0 saturated heterocycles. The Hall–Kier alpha value is -4.60. The molecular weight excluding hydrogens is 556 g/mol. The summed E-state index contributed by atoms with van der Waals surface area (Å²) in [4.78, 5) is 36.7. The molecule has 1 atom stereocenters. The molecule has 1 unspecified atom stereocenters. The number of likely N-dealkylation sites (N-methyl/N-ethyl adjacent to an activating group) is 1. The van der Waals surface area contributed by atoms with E-state index in [0.29, 0.717) is 29.7 Å². The van der Waals surface area contributed by atoms with Crippen molar-refractivity contribution < 1.29 is 19.1 Å². The van der Waals surface area contributed by atoms with E-state index in [1.165, 1.54) is 0 Å². The van der Waals surface area contributed by atoms with Gasteiger partial charge in [-0.1, -0.05) is 12.1 Å². The molecule has 2 aromatic heterocycles. The summed E-state index contributed by atoms with van der Waals surface area (Å²) in [5, 5.41) is 6.07. The van der Waals surface area contributed by atoms with Crippen LogP contribution in [0.3, 0.4) is 0 Å². The lowest BCUT2D eigenvalue weighted by molar-refractivity contribution is -0.119. The lowest BCUT2D eigenvalue weighted by atomic mass is 9.81. The number of nitrogens with zero attached hydrogens (tertiary/aromatic N) is 4. The molecule has 10 heteroatoms. The van der Waals surface area contributed by atoms with Crippen LogP contribution in [0.15, 0.2) is 48.8 Å². The zero-order valence-corrected chi connectivity index (χ0v) is 26.0. The standard InChI is InChI=1S/C34H40N6O4/c1-20-32-31(38-33(40(32)16-15-35-20)23-11-9-22(10-12-23)19-36-21(2)41)24-13-14-26(30(17-24)44-5)37-34(42)28-18-25-27(39(28)3)7-6-8-29(25)43-4/h6-8,13-17,22-23,28H,9-12,18-19H2,1-5H3,(H,36,41)(H,37,42). The highest BCUT2D eigenvalue weighted by Gasteiger charge is 2.34. The Morgan fingerprint density at radius 3 is 2.55 bits per heavy atom. The maximum absolute atomic E-state index is 13.5. The number of aromatic nitrogens is 3. The van der Waals surface area contributed by atoms with E-state index >= 15 is 0 Å². The van der Waals surface area contributed by atoms with Gasteiger partial charge in [-0.3, -0.25) is 19.0 Å². The fourth-order valence-corrected chi connectivity index (χ4v) is 6.83. The Balaban J connectivity index is 1.25. The van der Waals surface area contributed by atoms with E-state index < -0.39 is 0 Å². The minimum absolute atomic E-state index is 0.0251. The van der Waals surface area contributed by atoms with Gasteiger partial charge >= 0.3 is 0 Å². The molecule has 10 nitrogen and oxygen atoms in total. The summed E-state index contributed by atoms with van der Waals surface area (Å²) in [5.41, 5.74) is 6.26. The van der Waals surface area contributed by atoms with Crippen LogP contribution in [0, 0.1) is 12.8 Å². The molecule has 6 rings (SSSR count). The molecule has 1 aliphatic carbocycles. The Labute approximate surface area is 257 Å². The third-order valence-corrected chi connectivity index (χ3v) is 9.23. The SMILES string of the molecule is COc1cc(-c2nc(C3CCC(CNC(C)=O)CC3)n3ccnc(C)c23)ccc1NC(=O)C1Cc2c(OC)cccc2N1C. The minimum atomic E-state index is -0.368. The number of carbonyl (C=O) groups is 2. The van der Waals surface area contributed by atoms with Crippen molar-refractivity contribution in [3.8, 4) is 22.8 Å². The molecule has 0 bridgehead atoms. The maximum Gasteiger partial charge on any atom is 0.247 e. The fraction of sp³-hybridized carbons (Fsp3) is 0.412. The van der Waals surface area contributed by atoms with Crippen LogP contribution in [0.5, 0.6) is 11.5 Å². The molecule has 2 aliphatic rings. The minimum Gasteiger partial charge on any atom is -0.496 e. The third-order valence-electron chi connectivity index (χ3n) is 9.23. The summed E-state index contributed by atoms with van der Waals surface area (Å²) in [6, 6.07) is 11.3. The summed E-state index contributed by atoms with van der Waals surface area (Å²) in [5.74, 6) is 3.12. The average molecular weight is 597 g/mol. The topological polar surface area (TPSA) is 110 Å². The van der Waals surface area contributed by atoms with Crippen molar-refractivity contribution in [3.05, 3.63) is 65.9 Å². The van der Waals surface area contributed by atoms with E-state index in [9.17, 15) is 9.59 Å². The lowest BCUT2D eigenvalue weighted by Gasteiger charge is -2.27. The summed E-state index contributed by atoms with van der Waals surface area (Å²) in [7, 11) is 5.20. The largest absolute Gasteiger partial charge is 0.496 e. The van der Waals surface area contributed by atoms with Crippen LogP contribution in [0.4, 0.5) is 11.4 Å². The van der Waals surface area contributed by atoms with E-state index in [1.54, 1.807) is 21.1 Å². The van der Waals surface area contributed by atoms with Gasteiger partial charge in [0.05, 0.1) is 36.8 Å². The normalized spacial score (nSPS) is 19.5. The van der Waals surface area contributed by atoms with Crippen LogP contribution in [-0.2, 0) is 16.0 Å². The summed E-state index contributed by atoms with van der Waals surface area (Å²) in [6.07, 6.45) is 8.52. The highest BCUT2D eigenvalue weighted by molar-refractivity contribution is 6.00. The van der Waals surface area contributed by atoms with Gasteiger partial charge in [0.25, 0.3) is 0 Å². The first kappa shape index (κ1) is 29.5. The zero-order valence-electron chi connectivity index (χ0n) is 26.0. The van der Waals surface area contributed by atoms with Gasteiger partial charge in [0, 0.05) is 62.1 Å². The number of carbonyl (C=O) groups excluding carboxylic acids is 2. The second kappa shape index (κ2) is 12.2. The van der Waals surface area contributed by atoms with Crippen molar-refractivity contribution in [2.45, 2.75) is 57.9 Å². The van der Waals surface area contributed by atoms with Gasteiger partial charge in [-0.05, 0) is 62.8 Å². The van der Waals surface area contributed by atoms with Gasteiger partial charge in [0.15, 0.2) is 0 Å². The van der Waals surface area contributed by atoms with Crippen LogP contribution in [0.2, 0.25) is 0 Å². The molecule has 4 aromatic rings. The number of ether oxygens (including phenoxy) is 2. The Morgan fingerprint density at radius 2 is 1.82 bits per heavy atom. The van der Waals surface area contributed by atoms with Gasteiger partial charge in [-0.2, -0.15) is 0 Å². The number of amides is 2. The Kier molecular flexibility index (Phi) is 8.16. The predicted molar refractivity (Wildman–Crippen MR) is 171 cm³/mol. The number of rotatable bonds is 8. The van der Waals surface area contributed by atoms with Gasteiger partial charge in [-0.25, -0.2) is 4.98 Å². The van der Waals surface area contributed by atoms with Crippen molar-refractivity contribution >= 4 is 28.7 Å². The highest BCUT2D eigenvalue weighted by atomic mass is 16.5. The number of fused-ring (bicyclic) bond motifs is 2. The van der Waals surface area contributed by atoms with Crippen molar-refractivity contribution in [2.24, 2.45) is 5.92 Å². The molecule has 2 amide bonds.